The fraction of sp³-hybridized carbons (Fsp3) is 0.125. The second-order valence-electron chi connectivity index (χ2n) is 6.54. The molecular formula is C16H17N9O4S2. The number of nitrogen functional groups attached to an aromatic ring is 1. The molecule has 31 heavy (non-hydrogen) atoms. The van der Waals surface area contributed by atoms with Gasteiger partial charge in [-0.15, -0.1) is 10.2 Å². The molecule has 2 heterocycles. The molecule has 0 bridgehead atoms. The maximum absolute atomic E-state index is 12.6. The third-order valence-corrected chi connectivity index (χ3v) is 6.60. The zero-order valence-corrected chi connectivity index (χ0v) is 17.3. The first-order valence-corrected chi connectivity index (χ1v) is 11.4. The summed E-state index contributed by atoms with van der Waals surface area (Å²) in [7, 11) is -4.41. The van der Waals surface area contributed by atoms with Crippen LogP contribution in [-0.2, 0) is 21.1 Å². The lowest BCUT2D eigenvalue weighted by atomic mass is 9.95. The van der Waals surface area contributed by atoms with Gasteiger partial charge in [-0.3, -0.25) is 0 Å². The van der Waals surface area contributed by atoms with Gasteiger partial charge in [0, 0.05) is 6.54 Å². The molecule has 0 saturated heterocycles. The molecule has 162 valence electrons. The summed E-state index contributed by atoms with van der Waals surface area (Å²) in [6.45, 7) is -0.296. The van der Waals surface area contributed by atoms with Gasteiger partial charge in [-0.2, -0.15) is 5.21 Å². The second-order valence-corrected chi connectivity index (χ2v) is 9.16. The predicted octanol–water partition coefficient (Wildman–Crippen LogP) is -0.139. The van der Waals surface area contributed by atoms with Gasteiger partial charge < -0.3 is 21.0 Å². The summed E-state index contributed by atoms with van der Waals surface area (Å²) >= 11 is -2.46. The first-order chi connectivity index (χ1) is 14.7. The Morgan fingerprint density at radius 2 is 2.00 bits per heavy atom. The molecule has 2 atom stereocenters. The largest absolute Gasteiger partial charge is 0.369 e. The average molecular weight is 464 g/mol. The maximum atomic E-state index is 12.6. The summed E-state index contributed by atoms with van der Waals surface area (Å²) in [5.41, 5.74) is 13.5. The Morgan fingerprint density at radius 3 is 2.61 bits per heavy atom. The summed E-state index contributed by atoms with van der Waals surface area (Å²) < 4.78 is 46.8. The molecular weight excluding hydrogens is 446 g/mol. The molecule has 2 aromatic heterocycles. The highest BCUT2D eigenvalue weighted by Crippen LogP contribution is 2.40. The average Bonchev–Trinajstić information content (AvgIpc) is 3.35. The van der Waals surface area contributed by atoms with Gasteiger partial charge >= 0.3 is 0 Å². The van der Waals surface area contributed by atoms with Crippen LogP contribution in [0.1, 0.15) is 10.8 Å². The van der Waals surface area contributed by atoms with Crippen LogP contribution in [0.3, 0.4) is 0 Å². The minimum Gasteiger partial charge on any atom is -0.369 e. The quantitative estimate of drug-likeness (QED) is 0.207. The minimum absolute atomic E-state index is 0.0180. The number of H-pyrrole nitrogens is 2. The SMILES string of the molecule is NCC(c1ccc(-c2ccc3nc(N)[nH]c3c2)c(-c2nn[nH]n2)c1S(N)(=O)=O)S(=O)O. The highest BCUT2D eigenvalue weighted by molar-refractivity contribution is 7.89. The van der Waals surface area contributed by atoms with Gasteiger partial charge in [0.05, 0.1) is 26.7 Å². The van der Waals surface area contributed by atoms with Crippen LogP contribution < -0.4 is 16.6 Å². The van der Waals surface area contributed by atoms with E-state index in [-0.39, 0.29) is 29.4 Å². The van der Waals surface area contributed by atoms with E-state index in [4.69, 9.17) is 16.6 Å². The van der Waals surface area contributed by atoms with E-state index in [0.29, 0.717) is 22.2 Å². The second kappa shape index (κ2) is 7.78. The Hall–Kier alpha value is -3.24. The highest BCUT2D eigenvalue weighted by Gasteiger charge is 2.31. The van der Waals surface area contributed by atoms with Gasteiger partial charge in [0.2, 0.25) is 15.8 Å². The van der Waals surface area contributed by atoms with Crippen LogP contribution in [0.5, 0.6) is 0 Å². The number of imidazole rings is 1. The van der Waals surface area contributed by atoms with Gasteiger partial charge in [-0.25, -0.2) is 22.7 Å². The van der Waals surface area contributed by atoms with Gasteiger partial charge in [-0.1, -0.05) is 18.2 Å². The standard InChI is InChI=1S/C16H17N9O4S2/c17-6-12(30(26)27)9-3-2-8(7-1-4-10-11(5-7)21-16(18)20-10)13(14(9)31(19,28)29)15-22-24-25-23-15/h1-5,12H,6,17H2,(H,26,27)(H3,18,20,21)(H2,19,28,29)(H,22,23,24,25). The van der Waals surface area contributed by atoms with Crippen molar-refractivity contribution in [2.24, 2.45) is 10.9 Å². The number of hydrogen-bond acceptors (Lipinski definition) is 9. The van der Waals surface area contributed by atoms with Gasteiger partial charge in [0.15, 0.2) is 17.0 Å². The number of fused-ring (bicyclic) bond motifs is 1. The summed E-state index contributed by atoms with van der Waals surface area (Å²) in [5, 5.41) is 17.9. The van der Waals surface area contributed by atoms with E-state index in [0.717, 1.165) is 0 Å². The number of aromatic amines is 2. The Bertz CT molecular complexity index is 1400. The van der Waals surface area contributed by atoms with Crippen molar-refractivity contribution in [2.75, 3.05) is 12.3 Å². The van der Waals surface area contributed by atoms with Crippen LogP contribution in [0.15, 0.2) is 35.2 Å². The van der Waals surface area contributed by atoms with Crippen LogP contribution in [-0.4, -0.2) is 54.3 Å². The van der Waals surface area contributed by atoms with Crippen LogP contribution in [0, 0.1) is 0 Å². The number of hydrogen-bond donors (Lipinski definition) is 6. The van der Waals surface area contributed by atoms with Gasteiger partial charge in [-0.05, 0) is 34.0 Å². The number of nitrogens with zero attached hydrogens (tertiary/aromatic N) is 4. The molecule has 4 aromatic rings. The molecule has 0 fully saturated rings. The molecule has 4 rings (SSSR count). The van der Waals surface area contributed by atoms with Crippen LogP contribution >= 0.6 is 0 Å². The molecule has 15 heteroatoms. The lowest BCUT2D eigenvalue weighted by Gasteiger charge is -2.19. The molecule has 13 nitrogen and oxygen atoms in total. The Kier molecular flexibility index (Phi) is 5.28. The van der Waals surface area contributed by atoms with Crippen molar-refractivity contribution >= 4 is 38.1 Å². The van der Waals surface area contributed by atoms with Crippen molar-refractivity contribution in [3.63, 3.8) is 0 Å². The topological polar surface area (TPSA) is 233 Å². The zero-order chi connectivity index (χ0) is 22.3. The molecule has 0 saturated carbocycles. The number of nitrogens with one attached hydrogen (secondary N) is 2. The highest BCUT2D eigenvalue weighted by atomic mass is 32.2. The summed E-state index contributed by atoms with van der Waals surface area (Å²) in [6.07, 6.45) is 0. The number of benzene rings is 2. The van der Waals surface area contributed by atoms with Crippen molar-refractivity contribution < 1.29 is 17.2 Å². The Labute approximate surface area is 177 Å². The number of aromatic nitrogens is 6. The number of nitrogens with two attached hydrogens (primary N) is 3. The Balaban J connectivity index is 2.09. The predicted molar refractivity (Wildman–Crippen MR) is 113 cm³/mol. The maximum Gasteiger partial charge on any atom is 0.239 e. The van der Waals surface area contributed by atoms with E-state index in [9.17, 15) is 17.2 Å². The molecule has 0 aliphatic heterocycles. The van der Waals surface area contributed by atoms with Crippen molar-refractivity contribution in [1.82, 2.24) is 30.6 Å². The summed E-state index contributed by atoms with van der Waals surface area (Å²) in [5.74, 6) is 0.159. The van der Waals surface area contributed by atoms with Crippen LogP contribution in [0.25, 0.3) is 33.5 Å². The van der Waals surface area contributed by atoms with E-state index in [1.165, 1.54) is 6.07 Å². The normalized spacial score (nSPS) is 14.0. The third-order valence-electron chi connectivity index (χ3n) is 4.66. The number of primary sulfonamides is 1. The first kappa shape index (κ1) is 21.0. The van der Waals surface area contributed by atoms with Gasteiger partial charge in [0.25, 0.3) is 0 Å². The number of tetrazole rings is 1. The van der Waals surface area contributed by atoms with Crippen molar-refractivity contribution in [3.05, 3.63) is 35.9 Å². The molecule has 2 aromatic carbocycles. The minimum atomic E-state index is -4.41. The zero-order valence-electron chi connectivity index (χ0n) is 15.7. The van der Waals surface area contributed by atoms with E-state index in [2.05, 4.69) is 30.6 Å². The third kappa shape index (κ3) is 3.79. The number of sulfonamides is 1. The fourth-order valence-electron chi connectivity index (χ4n) is 3.40. The van der Waals surface area contributed by atoms with E-state index in [1.54, 1.807) is 24.3 Å². The van der Waals surface area contributed by atoms with E-state index in [1.807, 2.05) is 0 Å². The molecule has 0 spiro atoms. The van der Waals surface area contributed by atoms with Crippen LogP contribution in [0.4, 0.5) is 5.95 Å². The molecule has 0 aliphatic rings. The molecule has 0 radical (unpaired) electrons. The van der Waals surface area contributed by atoms with Crippen molar-refractivity contribution in [2.45, 2.75) is 10.1 Å². The van der Waals surface area contributed by atoms with Crippen LogP contribution in [0.2, 0.25) is 0 Å². The Morgan fingerprint density at radius 1 is 1.23 bits per heavy atom. The smallest absolute Gasteiger partial charge is 0.239 e. The fourth-order valence-corrected chi connectivity index (χ4v) is 5.08. The first-order valence-electron chi connectivity index (χ1n) is 8.69. The van der Waals surface area contributed by atoms with Crippen molar-refractivity contribution in [3.8, 4) is 22.5 Å². The van der Waals surface area contributed by atoms with Crippen molar-refractivity contribution in [1.29, 1.82) is 0 Å². The van der Waals surface area contributed by atoms with E-state index < -0.39 is 31.2 Å². The monoisotopic (exact) mass is 463 g/mol. The number of anilines is 1. The molecule has 0 aliphatic carbocycles. The van der Waals surface area contributed by atoms with E-state index >= 15 is 0 Å². The lowest BCUT2D eigenvalue weighted by Crippen LogP contribution is -2.23. The summed E-state index contributed by atoms with van der Waals surface area (Å²) in [4.78, 5) is 6.63. The van der Waals surface area contributed by atoms with Gasteiger partial charge in [0.1, 0.15) is 0 Å². The molecule has 2 unspecified atom stereocenters. The molecule has 9 N–H and O–H groups in total. The molecule has 0 amide bonds. The lowest BCUT2D eigenvalue weighted by molar-refractivity contribution is 0.549. The number of rotatable bonds is 6. The summed E-state index contributed by atoms with van der Waals surface area (Å²) in [6, 6.07) is 8.10.